The molecule has 0 aromatic carbocycles. The number of ether oxygens (including phenoxy) is 3. The third-order valence-corrected chi connectivity index (χ3v) is 4.30. The van der Waals surface area contributed by atoms with Crippen LogP contribution in [-0.4, -0.2) is 59.2 Å². The van der Waals surface area contributed by atoms with Crippen LogP contribution in [0.4, 0.5) is 0 Å². The van der Waals surface area contributed by atoms with Crippen molar-refractivity contribution in [3.05, 3.63) is 35.2 Å². The van der Waals surface area contributed by atoms with Crippen LogP contribution in [0, 0.1) is 5.92 Å². The zero-order valence-corrected chi connectivity index (χ0v) is 13.4. The number of fused-ring (bicyclic) bond motifs is 1. The molecule has 1 aliphatic carbocycles. The van der Waals surface area contributed by atoms with Gasteiger partial charge in [0, 0.05) is 11.8 Å². The maximum atomic E-state index is 12.7. The number of carbonyl (C=O) groups excluding carboxylic acids is 4. The Hall–Kier alpha value is -2.94. The molecule has 132 valence electrons. The average Bonchev–Trinajstić information content (AvgIpc) is 3.17. The Labute approximate surface area is 141 Å². The number of aromatic nitrogens is 1. The van der Waals surface area contributed by atoms with Crippen LogP contribution >= 0.6 is 0 Å². The summed E-state index contributed by atoms with van der Waals surface area (Å²) in [5.41, 5.74) is -2.40. The van der Waals surface area contributed by atoms with Crippen molar-refractivity contribution in [3.63, 3.8) is 0 Å². The molecule has 2 N–H and O–H groups in total. The maximum absolute atomic E-state index is 12.7. The molecule has 2 heterocycles. The monoisotopic (exact) mass is 349 g/mol. The van der Waals surface area contributed by atoms with E-state index in [0.717, 1.165) is 7.11 Å². The molecule has 3 atom stereocenters. The minimum atomic E-state index is -2.06. The van der Waals surface area contributed by atoms with Crippen molar-refractivity contribution in [2.75, 3.05) is 13.7 Å². The summed E-state index contributed by atoms with van der Waals surface area (Å²) in [5, 5.41) is 10.7. The van der Waals surface area contributed by atoms with E-state index in [4.69, 9.17) is 9.47 Å². The highest BCUT2D eigenvalue weighted by molar-refractivity contribution is 6.14. The van der Waals surface area contributed by atoms with E-state index in [-0.39, 0.29) is 16.8 Å². The fourth-order valence-corrected chi connectivity index (χ4v) is 3.07. The fraction of sp³-hybridized carbons (Fsp3) is 0.375. The first-order valence-electron chi connectivity index (χ1n) is 7.38. The van der Waals surface area contributed by atoms with Crippen molar-refractivity contribution in [2.24, 2.45) is 5.92 Å². The zero-order valence-electron chi connectivity index (χ0n) is 13.4. The molecule has 3 rings (SSSR count). The number of carbonyl (C=O) groups is 4. The molecule has 1 aromatic heterocycles. The van der Waals surface area contributed by atoms with Gasteiger partial charge in [-0.3, -0.25) is 9.59 Å². The van der Waals surface area contributed by atoms with Crippen molar-refractivity contribution < 1.29 is 38.5 Å². The lowest BCUT2D eigenvalue weighted by Gasteiger charge is -2.29. The molecule has 0 radical (unpaired) electrons. The second-order valence-electron chi connectivity index (χ2n) is 5.88. The molecular formula is C16H15NO8. The van der Waals surface area contributed by atoms with Crippen LogP contribution in [0.5, 0.6) is 0 Å². The van der Waals surface area contributed by atoms with Gasteiger partial charge in [-0.15, -0.1) is 0 Å². The molecule has 0 bridgehead atoms. The van der Waals surface area contributed by atoms with Crippen molar-refractivity contribution in [1.82, 2.24) is 4.98 Å². The lowest BCUT2D eigenvalue weighted by molar-refractivity contribution is -0.160. The van der Waals surface area contributed by atoms with Gasteiger partial charge >= 0.3 is 17.9 Å². The summed E-state index contributed by atoms with van der Waals surface area (Å²) < 4.78 is 14.6. The number of ketones is 1. The van der Waals surface area contributed by atoms with Gasteiger partial charge in [-0.25, -0.2) is 9.59 Å². The number of hydrogen-bond donors (Lipinski definition) is 2. The number of H-pyrrole nitrogens is 1. The lowest BCUT2D eigenvalue weighted by atomic mass is 9.86. The summed E-state index contributed by atoms with van der Waals surface area (Å²) in [6.45, 7) is 0.729. The average molecular weight is 349 g/mol. The number of rotatable bonds is 3. The highest BCUT2D eigenvalue weighted by Gasteiger charge is 2.62. The van der Waals surface area contributed by atoms with Gasteiger partial charge in [-0.1, -0.05) is 0 Å². The lowest BCUT2D eigenvalue weighted by Crippen LogP contribution is -2.48. The largest absolute Gasteiger partial charge is 0.466 e. The van der Waals surface area contributed by atoms with Crippen molar-refractivity contribution >= 4 is 23.7 Å². The highest BCUT2D eigenvalue weighted by atomic mass is 16.6. The molecule has 0 amide bonds. The third kappa shape index (κ3) is 2.52. The first-order chi connectivity index (χ1) is 11.8. The predicted octanol–water partition coefficient (Wildman–Crippen LogP) is -0.484. The number of aliphatic hydroxyl groups is 1. The molecular weight excluding hydrogens is 334 g/mol. The number of hydrogen-bond acceptors (Lipinski definition) is 8. The molecule has 1 fully saturated rings. The van der Waals surface area contributed by atoms with Crippen LogP contribution in [0.2, 0.25) is 0 Å². The minimum absolute atomic E-state index is 0.0724. The van der Waals surface area contributed by atoms with E-state index in [1.54, 1.807) is 6.07 Å². The fourth-order valence-electron chi connectivity index (χ4n) is 3.07. The van der Waals surface area contributed by atoms with Crippen LogP contribution in [-0.2, 0) is 28.6 Å². The molecule has 0 saturated heterocycles. The summed E-state index contributed by atoms with van der Waals surface area (Å²) >= 11 is 0. The van der Waals surface area contributed by atoms with Crippen molar-refractivity contribution in [2.45, 2.75) is 18.6 Å². The van der Waals surface area contributed by atoms with Crippen molar-refractivity contribution in [3.8, 4) is 0 Å². The van der Waals surface area contributed by atoms with E-state index in [1.807, 2.05) is 0 Å². The van der Waals surface area contributed by atoms with Gasteiger partial charge in [0.1, 0.15) is 23.8 Å². The quantitative estimate of drug-likeness (QED) is 0.552. The number of aromatic amines is 1. The van der Waals surface area contributed by atoms with Crippen molar-refractivity contribution in [1.29, 1.82) is 0 Å². The Morgan fingerprint density at radius 1 is 1.36 bits per heavy atom. The van der Waals surface area contributed by atoms with Crippen LogP contribution in [0.3, 0.4) is 0 Å². The summed E-state index contributed by atoms with van der Waals surface area (Å²) in [4.78, 5) is 51.4. The Bertz CT molecular complexity index is 789. The normalized spacial score (nSPS) is 28.4. The Balaban J connectivity index is 2.02. The topological polar surface area (TPSA) is 132 Å². The van der Waals surface area contributed by atoms with Crippen LogP contribution < -0.4 is 0 Å². The van der Waals surface area contributed by atoms with Gasteiger partial charge in [0.25, 0.3) is 0 Å². The van der Waals surface area contributed by atoms with E-state index < -0.39 is 47.9 Å². The highest BCUT2D eigenvalue weighted by Crippen LogP contribution is 2.44. The molecule has 0 spiro atoms. The van der Waals surface area contributed by atoms with Crippen LogP contribution in [0.1, 0.15) is 17.4 Å². The summed E-state index contributed by atoms with van der Waals surface area (Å²) in [5.74, 6) is -4.88. The molecule has 1 saturated carbocycles. The first-order valence-corrected chi connectivity index (χ1v) is 7.38. The standard InChI is InChI=1S/C16H15NO8/c1-16(22)10-9(7(13(19)23-2)6-24-15(10)21)11(18)12(16)25-14(20)8-4-3-5-17-8/h3-5,10,12,17,22H,6H2,1-2H3/t10-,12+,16-/m1/s1. The van der Waals surface area contributed by atoms with Gasteiger partial charge in [-0.05, 0) is 19.1 Å². The molecule has 0 unspecified atom stereocenters. The summed E-state index contributed by atoms with van der Waals surface area (Å²) in [7, 11) is 1.11. The summed E-state index contributed by atoms with van der Waals surface area (Å²) in [6.07, 6.45) is -0.172. The first kappa shape index (κ1) is 16.9. The van der Waals surface area contributed by atoms with Crippen LogP contribution in [0.15, 0.2) is 29.5 Å². The molecule has 9 heteroatoms. The third-order valence-electron chi connectivity index (χ3n) is 4.30. The van der Waals surface area contributed by atoms with Gasteiger partial charge in [0.15, 0.2) is 6.10 Å². The molecule has 25 heavy (non-hydrogen) atoms. The molecule has 1 aliphatic heterocycles. The molecule has 9 nitrogen and oxygen atoms in total. The van der Waals surface area contributed by atoms with E-state index in [2.05, 4.69) is 9.72 Å². The molecule has 1 aromatic rings. The number of methoxy groups -OCH3 is 1. The SMILES string of the molecule is COC(=O)C1=C2C(=O)[C@H](OC(=O)c3ccc[nH]3)[C@](C)(O)[C@H]2C(=O)OC1. The van der Waals surface area contributed by atoms with Gasteiger partial charge in [-0.2, -0.15) is 0 Å². The predicted molar refractivity (Wildman–Crippen MR) is 79.1 cm³/mol. The van der Waals surface area contributed by atoms with Gasteiger partial charge in [0.2, 0.25) is 5.78 Å². The zero-order chi connectivity index (χ0) is 18.4. The van der Waals surface area contributed by atoms with E-state index in [0.29, 0.717) is 0 Å². The van der Waals surface area contributed by atoms with Gasteiger partial charge < -0.3 is 24.3 Å². The maximum Gasteiger partial charge on any atom is 0.355 e. The number of cyclic esters (lactones) is 1. The Morgan fingerprint density at radius 3 is 2.68 bits per heavy atom. The minimum Gasteiger partial charge on any atom is -0.466 e. The van der Waals surface area contributed by atoms with E-state index in [9.17, 15) is 24.3 Å². The second kappa shape index (κ2) is 5.85. The van der Waals surface area contributed by atoms with E-state index in [1.165, 1.54) is 19.2 Å². The number of Topliss-reactive ketones (excluding diaryl/α,β-unsaturated/α-hetero) is 1. The second-order valence-corrected chi connectivity index (χ2v) is 5.88. The molecule has 2 aliphatic rings. The van der Waals surface area contributed by atoms with E-state index >= 15 is 0 Å². The smallest absolute Gasteiger partial charge is 0.355 e. The van der Waals surface area contributed by atoms with Crippen LogP contribution in [0.25, 0.3) is 0 Å². The Morgan fingerprint density at radius 2 is 2.08 bits per heavy atom. The summed E-state index contributed by atoms with van der Waals surface area (Å²) in [6, 6.07) is 2.98. The number of esters is 3. The van der Waals surface area contributed by atoms with Gasteiger partial charge in [0.05, 0.1) is 12.7 Å². The number of nitrogens with one attached hydrogen (secondary N) is 1. The Kier molecular flexibility index (Phi) is 3.96.